The summed E-state index contributed by atoms with van der Waals surface area (Å²) in [4.78, 5) is 23.5. The number of carbonyl (C=O) groups excluding carboxylic acids is 1. The Hall–Kier alpha value is -1.95. The van der Waals surface area contributed by atoms with Crippen LogP contribution in [0.5, 0.6) is 0 Å². The Morgan fingerprint density at radius 2 is 2.06 bits per heavy atom. The van der Waals surface area contributed by atoms with E-state index in [9.17, 15) is 14.9 Å². The minimum absolute atomic E-state index is 0.0614. The summed E-state index contributed by atoms with van der Waals surface area (Å²) in [5.41, 5.74) is 6.51. The van der Waals surface area contributed by atoms with E-state index >= 15 is 0 Å². The van der Waals surface area contributed by atoms with Crippen LogP contribution in [-0.2, 0) is 11.3 Å². The molecule has 1 atom stereocenters. The SMILES string of the molecule is NCC1CC(=O)N(Cc2ccc([N+](=O)[O-])cc2)C1. The first-order chi connectivity index (χ1) is 8.60. The zero-order chi connectivity index (χ0) is 13.1. The highest BCUT2D eigenvalue weighted by atomic mass is 16.6. The highest BCUT2D eigenvalue weighted by Gasteiger charge is 2.28. The predicted octanol–water partition coefficient (Wildman–Crippen LogP) is 0.902. The van der Waals surface area contributed by atoms with E-state index in [0.29, 0.717) is 26.1 Å². The molecule has 2 rings (SSSR count). The van der Waals surface area contributed by atoms with Crippen molar-refractivity contribution in [1.29, 1.82) is 0 Å². The van der Waals surface area contributed by atoms with Crippen LogP contribution < -0.4 is 5.73 Å². The van der Waals surface area contributed by atoms with Crippen molar-refractivity contribution in [2.75, 3.05) is 13.1 Å². The molecule has 1 saturated heterocycles. The van der Waals surface area contributed by atoms with Crippen molar-refractivity contribution < 1.29 is 9.72 Å². The van der Waals surface area contributed by atoms with Crippen LogP contribution in [0.2, 0.25) is 0 Å². The third-order valence-corrected chi connectivity index (χ3v) is 3.15. The molecular formula is C12H15N3O3. The number of hydrogen-bond donors (Lipinski definition) is 1. The van der Waals surface area contributed by atoms with E-state index in [4.69, 9.17) is 5.73 Å². The molecule has 1 aromatic carbocycles. The van der Waals surface area contributed by atoms with Crippen molar-refractivity contribution in [2.24, 2.45) is 11.7 Å². The summed E-state index contributed by atoms with van der Waals surface area (Å²) in [5, 5.41) is 10.5. The number of carbonyl (C=O) groups is 1. The molecule has 0 spiro atoms. The van der Waals surface area contributed by atoms with E-state index in [0.717, 1.165) is 5.56 Å². The highest BCUT2D eigenvalue weighted by molar-refractivity contribution is 5.78. The fourth-order valence-electron chi connectivity index (χ4n) is 2.11. The summed E-state index contributed by atoms with van der Waals surface area (Å²) in [6, 6.07) is 6.27. The standard InChI is InChI=1S/C12H15N3O3/c13-6-10-5-12(16)14(8-10)7-9-1-3-11(4-2-9)15(17)18/h1-4,10H,5-8,13H2. The molecule has 6 heteroatoms. The van der Waals surface area contributed by atoms with Crippen LogP contribution in [0.25, 0.3) is 0 Å². The topological polar surface area (TPSA) is 89.5 Å². The predicted molar refractivity (Wildman–Crippen MR) is 65.7 cm³/mol. The summed E-state index contributed by atoms with van der Waals surface area (Å²) in [6.07, 6.45) is 0.503. The van der Waals surface area contributed by atoms with Gasteiger partial charge in [0, 0.05) is 31.6 Å². The summed E-state index contributed by atoms with van der Waals surface area (Å²) >= 11 is 0. The molecule has 1 heterocycles. The average molecular weight is 249 g/mol. The average Bonchev–Trinajstić information content (AvgIpc) is 2.71. The Morgan fingerprint density at radius 3 is 2.56 bits per heavy atom. The molecule has 1 aliphatic rings. The van der Waals surface area contributed by atoms with Gasteiger partial charge in [0.05, 0.1) is 4.92 Å². The van der Waals surface area contributed by atoms with E-state index in [1.165, 1.54) is 12.1 Å². The first-order valence-corrected chi connectivity index (χ1v) is 5.81. The molecule has 1 amide bonds. The van der Waals surface area contributed by atoms with Gasteiger partial charge in [-0.3, -0.25) is 14.9 Å². The van der Waals surface area contributed by atoms with Crippen LogP contribution >= 0.6 is 0 Å². The number of nitrogens with zero attached hydrogens (tertiary/aromatic N) is 2. The van der Waals surface area contributed by atoms with Crippen LogP contribution in [0.3, 0.4) is 0 Å². The third kappa shape index (κ3) is 2.65. The van der Waals surface area contributed by atoms with Crippen LogP contribution in [0, 0.1) is 16.0 Å². The lowest BCUT2D eigenvalue weighted by Crippen LogP contribution is -2.25. The molecular weight excluding hydrogens is 234 g/mol. The van der Waals surface area contributed by atoms with Gasteiger partial charge in [0.2, 0.25) is 5.91 Å². The van der Waals surface area contributed by atoms with Crippen LogP contribution in [-0.4, -0.2) is 28.8 Å². The van der Waals surface area contributed by atoms with Gasteiger partial charge in [0.15, 0.2) is 0 Å². The van der Waals surface area contributed by atoms with Crippen molar-refractivity contribution in [3.05, 3.63) is 39.9 Å². The quantitative estimate of drug-likeness (QED) is 0.634. The Bertz CT molecular complexity index is 458. The summed E-state index contributed by atoms with van der Waals surface area (Å²) < 4.78 is 0. The van der Waals surface area contributed by atoms with Gasteiger partial charge >= 0.3 is 0 Å². The van der Waals surface area contributed by atoms with Gasteiger partial charge in [-0.2, -0.15) is 0 Å². The lowest BCUT2D eigenvalue weighted by molar-refractivity contribution is -0.384. The molecule has 0 bridgehead atoms. The largest absolute Gasteiger partial charge is 0.338 e. The van der Waals surface area contributed by atoms with Gasteiger partial charge in [-0.15, -0.1) is 0 Å². The number of amides is 1. The molecule has 96 valence electrons. The Morgan fingerprint density at radius 1 is 1.39 bits per heavy atom. The number of nitro groups is 1. The second-order valence-electron chi connectivity index (χ2n) is 4.50. The number of non-ortho nitro benzene ring substituents is 1. The lowest BCUT2D eigenvalue weighted by atomic mass is 10.1. The highest BCUT2D eigenvalue weighted by Crippen LogP contribution is 2.20. The van der Waals surface area contributed by atoms with E-state index < -0.39 is 4.92 Å². The normalized spacial score (nSPS) is 19.3. The van der Waals surface area contributed by atoms with E-state index in [2.05, 4.69) is 0 Å². The van der Waals surface area contributed by atoms with Crippen molar-refractivity contribution in [2.45, 2.75) is 13.0 Å². The number of nitrogens with two attached hydrogens (primary N) is 1. The van der Waals surface area contributed by atoms with Crippen molar-refractivity contribution in [3.63, 3.8) is 0 Å². The minimum atomic E-state index is -0.435. The molecule has 1 aliphatic heterocycles. The number of rotatable bonds is 4. The molecule has 0 aromatic heterocycles. The number of benzene rings is 1. The van der Waals surface area contributed by atoms with Gasteiger partial charge in [-0.1, -0.05) is 12.1 Å². The van der Waals surface area contributed by atoms with Gasteiger partial charge in [-0.25, -0.2) is 0 Å². The monoisotopic (exact) mass is 249 g/mol. The minimum Gasteiger partial charge on any atom is -0.338 e. The first-order valence-electron chi connectivity index (χ1n) is 5.81. The van der Waals surface area contributed by atoms with Crippen LogP contribution in [0.1, 0.15) is 12.0 Å². The molecule has 6 nitrogen and oxygen atoms in total. The smallest absolute Gasteiger partial charge is 0.269 e. The fraction of sp³-hybridized carbons (Fsp3) is 0.417. The summed E-state index contributed by atoms with van der Waals surface area (Å²) in [7, 11) is 0. The molecule has 2 N–H and O–H groups in total. The van der Waals surface area contributed by atoms with Crippen LogP contribution in [0.15, 0.2) is 24.3 Å². The number of hydrogen-bond acceptors (Lipinski definition) is 4. The van der Waals surface area contributed by atoms with Gasteiger partial charge in [0.25, 0.3) is 5.69 Å². The maximum Gasteiger partial charge on any atom is 0.269 e. The third-order valence-electron chi connectivity index (χ3n) is 3.15. The molecule has 1 unspecified atom stereocenters. The lowest BCUT2D eigenvalue weighted by Gasteiger charge is -2.16. The molecule has 0 radical (unpaired) electrons. The zero-order valence-electron chi connectivity index (χ0n) is 9.91. The maximum absolute atomic E-state index is 11.7. The molecule has 1 aromatic rings. The van der Waals surface area contributed by atoms with Gasteiger partial charge in [0.1, 0.15) is 0 Å². The van der Waals surface area contributed by atoms with Gasteiger partial charge < -0.3 is 10.6 Å². The first kappa shape index (κ1) is 12.5. The Kier molecular flexibility index (Phi) is 3.57. The molecule has 1 fully saturated rings. The Labute approximate surface area is 105 Å². The second kappa shape index (κ2) is 5.14. The fourth-order valence-corrected chi connectivity index (χ4v) is 2.11. The Balaban J connectivity index is 2.01. The number of nitro benzene ring substituents is 1. The van der Waals surface area contributed by atoms with Crippen molar-refractivity contribution in [3.8, 4) is 0 Å². The zero-order valence-corrected chi connectivity index (χ0v) is 9.91. The molecule has 0 saturated carbocycles. The maximum atomic E-state index is 11.7. The second-order valence-corrected chi connectivity index (χ2v) is 4.50. The number of likely N-dealkylation sites (tertiary alicyclic amines) is 1. The van der Waals surface area contributed by atoms with E-state index in [-0.39, 0.29) is 17.5 Å². The van der Waals surface area contributed by atoms with Crippen molar-refractivity contribution in [1.82, 2.24) is 4.90 Å². The molecule has 18 heavy (non-hydrogen) atoms. The van der Waals surface area contributed by atoms with Gasteiger partial charge in [-0.05, 0) is 18.0 Å². The van der Waals surface area contributed by atoms with Crippen molar-refractivity contribution >= 4 is 11.6 Å². The van der Waals surface area contributed by atoms with E-state index in [1.54, 1.807) is 17.0 Å². The summed E-state index contributed by atoms with van der Waals surface area (Å²) in [5.74, 6) is 0.333. The summed E-state index contributed by atoms with van der Waals surface area (Å²) in [6.45, 7) is 1.68. The van der Waals surface area contributed by atoms with Crippen LogP contribution in [0.4, 0.5) is 5.69 Å². The molecule has 0 aliphatic carbocycles. The van der Waals surface area contributed by atoms with E-state index in [1.807, 2.05) is 0 Å².